The summed E-state index contributed by atoms with van der Waals surface area (Å²) < 4.78 is 28.4. The number of carbonyl (C=O) groups is 1. The molecule has 2 heterocycles. The van der Waals surface area contributed by atoms with Gasteiger partial charge in [0.2, 0.25) is 5.91 Å². The molecule has 0 aliphatic carbocycles. The first kappa shape index (κ1) is 18.7. The molecule has 1 aliphatic rings. The Bertz CT molecular complexity index is 1060. The third-order valence-corrected chi connectivity index (χ3v) is 6.89. The van der Waals surface area contributed by atoms with Gasteiger partial charge in [0, 0.05) is 24.5 Å². The van der Waals surface area contributed by atoms with Gasteiger partial charge in [0.15, 0.2) is 9.84 Å². The highest BCUT2D eigenvalue weighted by molar-refractivity contribution is 7.91. The Morgan fingerprint density at radius 3 is 2.73 bits per heavy atom. The highest BCUT2D eigenvalue weighted by atomic mass is 35.5. The van der Waals surface area contributed by atoms with Crippen molar-refractivity contribution in [3.8, 4) is 5.75 Å². The molecule has 0 spiro atoms. The summed E-state index contributed by atoms with van der Waals surface area (Å²) >= 11 is 5.92. The zero-order valence-electron chi connectivity index (χ0n) is 14.3. The molecule has 1 amide bonds. The second-order valence-corrected chi connectivity index (χ2v) is 9.17. The number of aryl methyl sites for hydroxylation is 1. The van der Waals surface area contributed by atoms with Crippen LogP contribution in [-0.4, -0.2) is 48.9 Å². The summed E-state index contributed by atoms with van der Waals surface area (Å²) in [6.45, 7) is 1.68. The molecule has 1 aliphatic heterocycles. The minimum absolute atomic E-state index is 0.0601. The van der Waals surface area contributed by atoms with Gasteiger partial charge in [0.1, 0.15) is 11.3 Å². The molecule has 0 bridgehead atoms. The molecule has 7 nitrogen and oxygen atoms in total. The molecular weight excluding hydrogens is 382 g/mol. The summed E-state index contributed by atoms with van der Waals surface area (Å²) in [7, 11) is -1.57. The largest absolute Gasteiger partial charge is 0.506 e. The van der Waals surface area contributed by atoms with Crippen molar-refractivity contribution in [3.05, 3.63) is 38.7 Å². The topological polar surface area (TPSA) is 105 Å². The summed E-state index contributed by atoms with van der Waals surface area (Å²) in [5.41, 5.74) is 0.245. The number of rotatable bonds is 3. The monoisotopic (exact) mass is 399 g/mol. The zero-order valence-corrected chi connectivity index (χ0v) is 15.9. The summed E-state index contributed by atoms with van der Waals surface area (Å²) in [6.07, 6.45) is 0.195. The summed E-state index contributed by atoms with van der Waals surface area (Å²) in [4.78, 5) is 26.2. The van der Waals surface area contributed by atoms with Gasteiger partial charge in [-0.2, -0.15) is 0 Å². The molecular formula is C17H18ClNO6S. The number of hydrogen-bond donors (Lipinski definition) is 1. The molecule has 1 aromatic heterocycles. The van der Waals surface area contributed by atoms with Crippen molar-refractivity contribution >= 4 is 38.3 Å². The third-order valence-electron chi connectivity index (χ3n) is 4.83. The smallest absolute Gasteiger partial charge is 0.340 e. The Balaban J connectivity index is 1.92. The lowest BCUT2D eigenvalue weighted by molar-refractivity contribution is -0.130. The lowest BCUT2D eigenvalue weighted by Crippen LogP contribution is -2.39. The number of sulfone groups is 1. The molecule has 3 rings (SSSR count). The Labute approximate surface area is 155 Å². The van der Waals surface area contributed by atoms with Gasteiger partial charge in [0.25, 0.3) is 0 Å². The van der Waals surface area contributed by atoms with Crippen molar-refractivity contribution < 1.29 is 22.7 Å². The number of likely N-dealkylation sites (N-methyl/N-ethyl adjacent to an activating group) is 1. The van der Waals surface area contributed by atoms with Crippen molar-refractivity contribution in [2.45, 2.75) is 25.8 Å². The van der Waals surface area contributed by atoms with Gasteiger partial charge < -0.3 is 14.4 Å². The van der Waals surface area contributed by atoms with E-state index < -0.39 is 15.5 Å². The Morgan fingerprint density at radius 2 is 2.12 bits per heavy atom. The van der Waals surface area contributed by atoms with Crippen molar-refractivity contribution in [1.82, 2.24) is 4.90 Å². The van der Waals surface area contributed by atoms with E-state index in [1.54, 1.807) is 14.0 Å². The van der Waals surface area contributed by atoms with Crippen LogP contribution in [0.1, 0.15) is 17.5 Å². The highest BCUT2D eigenvalue weighted by Gasteiger charge is 2.33. The molecule has 140 valence electrons. The van der Waals surface area contributed by atoms with Gasteiger partial charge in [-0.15, -0.1) is 0 Å². The van der Waals surface area contributed by atoms with Gasteiger partial charge in [-0.05, 0) is 25.0 Å². The minimum atomic E-state index is -3.11. The van der Waals surface area contributed by atoms with Crippen molar-refractivity contribution in [2.75, 3.05) is 18.6 Å². The Hall–Kier alpha value is -2.06. The number of aromatic hydroxyl groups is 1. The first-order valence-corrected chi connectivity index (χ1v) is 10.2. The van der Waals surface area contributed by atoms with E-state index in [0.717, 1.165) is 0 Å². The van der Waals surface area contributed by atoms with Crippen LogP contribution < -0.4 is 5.63 Å². The molecule has 1 fully saturated rings. The van der Waals surface area contributed by atoms with E-state index in [-0.39, 0.29) is 51.8 Å². The number of benzene rings is 1. The van der Waals surface area contributed by atoms with E-state index in [4.69, 9.17) is 16.0 Å². The maximum atomic E-state index is 12.6. The van der Waals surface area contributed by atoms with Crippen LogP contribution in [0.5, 0.6) is 5.75 Å². The average molecular weight is 400 g/mol. The summed E-state index contributed by atoms with van der Waals surface area (Å²) in [6, 6.07) is 2.35. The van der Waals surface area contributed by atoms with Crippen molar-refractivity contribution in [2.24, 2.45) is 0 Å². The van der Waals surface area contributed by atoms with Gasteiger partial charge in [-0.3, -0.25) is 4.79 Å². The van der Waals surface area contributed by atoms with Crippen LogP contribution in [0.4, 0.5) is 0 Å². The minimum Gasteiger partial charge on any atom is -0.506 e. The third kappa shape index (κ3) is 3.43. The number of phenols is 1. The summed E-state index contributed by atoms with van der Waals surface area (Å²) in [5, 5.41) is 10.3. The quantitative estimate of drug-likeness (QED) is 0.787. The number of phenolic OH excluding ortho intramolecular Hbond substituents is 1. The fraction of sp³-hybridized carbons (Fsp3) is 0.412. The molecule has 1 atom stereocenters. The fourth-order valence-corrected chi connectivity index (χ4v) is 5.10. The maximum Gasteiger partial charge on any atom is 0.340 e. The number of fused-ring (bicyclic) bond motifs is 1. The lowest BCUT2D eigenvalue weighted by Gasteiger charge is -2.23. The molecule has 2 aromatic rings. The number of nitrogens with zero attached hydrogens (tertiary/aromatic N) is 1. The fourth-order valence-electron chi connectivity index (χ4n) is 3.16. The van der Waals surface area contributed by atoms with Crippen LogP contribution in [0.3, 0.4) is 0 Å². The molecule has 1 aromatic carbocycles. The van der Waals surface area contributed by atoms with Crippen LogP contribution in [0.2, 0.25) is 5.02 Å². The second kappa shape index (κ2) is 6.59. The predicted molar refractivity (Wildman–Crippen MR) is 97.4 cm³/mol. The number of carbonyl (C=O) groups excluding carboxylic acids is 1. The van der Waals surface area contributed by atoms with Gasteiger partial charge >= 0.3 is 5.63 Å². The molecule has 1 saturated heterocycles. The first-order valence-electron chi connectivity index (χ1n) is 8.00. The zero-order chi connectivity index (χ0) is 19.2. The molecule has 0 radical (unpaired) electrons. The van der Waals surface area contributed by atoms with Crippen molar-refractivity contribution in [3.63, 3.8) is 0 Å². The second-order valence-electron chi connectivity index (χ2n) is 6.53. The lowest BCUT2D eigenvalue weighted by atomic mass is 10.0. The SMILES string of the molecule is Cc1c(CC(=O)N(C)[C@@H]2CCS(=O)(=O)C2)c(=O)oc2cc(O)c(Cl)cc12. The molecule has 0 saturated carbocycles. The van der Waals surface area contributed by atoms with Crippen LogP contribution >= 0.6 is 11.6 Å². The van der Waals surface area contributed by atoms with Gasteiger partial charge in [-0.25, -0.2) is 13.2 Å². The van der Waals surface area contributed by atoms with Crippen LogP contribution in [-0.2, 0) is 21.1 Å². The van der Waals surface area contributed by atoms with Crippen molar-refractivity contribution in [1.29, 1.82) is 0 Å². The standard InChI is InChI=1S/C17H18ClNO6S/c1-9-11-5-13(18)14(20)7-15(11)25-17(22)12(9)6-16(21)19(2)10-3-4-26(23,24)8-10/h5,7,10,20H,3-4,6,8H2,1-2H3/t10-/m1/s1. The number of hydrogen-bond acceptors (Lipinski definition) is 6. The van der Waals surface area contributed by atoms with E-state index in [1.165, 1.54) is 17.0 Å². The highest BCUT2D eigenvalue weighted by Crippen LogP contribution is 2.31. The van der Waals surface area contributed by atoms with E-state index in [2.05, 4.69) is 0 Å². The van der Waals surface area contributed by atoms with E-state index in [9.17, 15) is 23.1 Å². The van der Waals surface area contributed by atoms with Crippen LogP contribution in [0.15, 0.2) is 21.3 Å². The van der Waals surface area contributed by atoms with Crippen LogP contribution in [0.25, 0.3) is 11.0 Å². The first-order chi connectivity index (χ1) is 12.1. The van der Waals surface area contributed by atoms with E-state index >= 15 is 0 Å². The normalized spacial score (nSPS) is 19.0. The molecule has 9 heteroatoms. The Morgan fingerprint density at radius 1 is 1.42 bits per heavy atom. The number of halogens is 1. The number of amides is 1. The van der Waals surface area contributed by atoms with E-state index in [1.807, 2.05) is 0 Å². The van der Waals surface area contributed by atoms with Gasteiger partial charge in [-0.1, -0.05) is 11.6 Å². The predicted octanol–water partition coefficient (Wildman–Crippen LogP) is 1.65. The maximum absolute atomic E-state index is 12.6. The van der Waals surface area contributed by atoms with Crippen LogP contribution in [0, 0.1) is 6.92 Å². The molecule has 0 unspecified atom stereocenters. The average Bonchev–Trinajstić information content (AvgIpc) is 2.92. The molecule has 1 N–H and O–H groups in total. The van der Waals surface area contributed by atoms with E-state index in [0.29, 0.717) is 17.4 Å². The summed E-state index contributed by atoms with van der Waals surface area (Å²) in [5.74, 6) is -0.552. The molecule has 26 heavy (non-hydrogen) atoms. The Kier molecular flexibility index (Phi) is 4.74. The van der Waals surface area contributed by atoms with Gasteiger partial charge in [0.05, 0.1) is 28.5 Å².